The molecule has 1 aromatic rings. The maximum atomic E-state index is 12.2. The predicted molar refractivity (Wildman–Crippen MR) is 55.5 cm³/mol. The molecule has 0 aliphatic carbocycles. The molecule has 1 rings (SSSR count). The lowest BCUT2D eigenvalue weighted by Gasteiger charge is -2.13. The second-order valence-corrected chi connectivity index (χ2v) is 3.15. The Morgan fingerprint density at radius 2 is 2.00 bits per heavy atom. The molecule has 11 heteroatoms. The molecule has 0 spiro atoms. The van der Waals surface area contributed by atoms with Gasteiger partial charge in [-0.15, -0.1) is 13.2 Å². The van der Waals surface area contributed by atoms with E-state index in [1.165, 1.54) is 0 Å². The Kier molecular flexibility index (Phi) is 4.32. The van der Waals surface area contributed by atoms with Crippen LogP contribution in [0.5, 0.6) is 11.5 Å². The summed E-state index contributed by atoms with van der Waals surface area (Å²) in [5.41, 5.74) is -0.873. The number of hydrogen-bond acceptors (Lipinski definition) is 7. The summed E-state index contributed by atoms with van der Waals surface area (Å²) < 4.78 is 48.9. The first-order valence-electron chi connectivity index (χ1n) is 4.76. The van der Waals surface area contributed by atoms with Crippen LogP contribution in [0.3, 0.4) is 0 Å². The third-order valence-electron chi connectivity index (χ3n) is 1.97. The SMILES string of the molecule is COC(=O)c1c([N+](=O)[O-])ncc(OC(F)(F)F)c1OC. The molecule has 0 atom stereocenters. The lowest BCUT2D eigenvalue weighted by molar-refractivity contribution is -0.390. The molecule has 0 fully saturated rings. The molecule has 0 amide bonds. The molecule has 1 aromatic heterocycles. The fraction of sp³-hybridized carbons (Fsp3) is 0.333. The Hall–Kier alpha value is -2.59. The van der Waals surface area contributed by atoms with Crippen LogP contribution in [-0.2, 0) is 4.74 Å². The topological polar surface area (TPSA) is 101 Å². The van der Waals surface area contributed by atoms with Crippen molar-refractivity contribution in [3.63, 3.8) is 0 Å². The number of halogens is 3. The molecule has 20 heavy (non-hydrogen) atoms. The molecule has 110 valence electrons. The molecular formula is C9H7F3N2O6. The minimum atomic E-state index is -5.08. The highest BCUT2D eigenvalue weighted by Crippen LogP contribution is 2.38. The first-order chi connectivity index (χ1) is 9.21. The van der Waals surface area contributed by atoms with Gasteiger partial charge in [0.15, 0.2) is 11.9 Å². The third-order valence-corrected chi connectivity index (χ3v) is 1.97. The van der Waals surface area contributed by atoms with Crippen LogP contribution in [0.4, 0.5) is 19.0 Å². The maximum absolute atomic E-state index is 12.2. The summed E-state index contributed by atoms with van der Waals surface area (Å²) in [6.45, 7) is 0. The average Bonchev–Trinajstić information content (AvgIpc) is 2.34. The van der Waals surface area contributed by atoms with Gasteiger partial charge in [-0.25, -0.2) is 4.79 Å². The van der Waals surface area contributed by atoms with Crippen molar-refractivity contribution in [1.82, 2.24) is 4.98 Å². The minimum absolute atomic E-state index is 0.427. The van der Waals surface area contributed by atoms with E-state index in [1.54, 1.807) is 0 Å². The van der Waals surface area contributed by atoms with Crippen molar-refractivity contribution < 1.29 is 37.1 Å². The number of esters is 1. The summed E-state index contributed by atoms with van der Waals surface area (Å²) in [5, 5.41) is 10.7. The highest BCUT2D eigenvalue weighted by atomic mass is 19.4. The highest BCUT2D eigenvalue weighted by Gasteiger charge is 2.37. The van der Waals surface area contributed by atoms with Gasteiger partial charge in [0.25, 0.3) is 0 Å². The zero-order chi connectivity index (χ0) is 15.5. The number of methoxy groups -OCH3 is 2. The predicted octanol–water partition coefficient (Wildman–Crippen LogP) is 1.68. The van der Waals surface area contributed by atoms with Crippen molar-refractivity contribution >= 4 is 11.8 Å². The zero-order valence-corrected chi connectivity index (χ0v) is 10.1. The number of nitro groups is 1. The van der Waals surface area contributed by atoms with Gasteiger partial charge in [0.2, 0.25) is 11.3 Å². The van der Waals surface area contributed by atoms with Gasteiger partial charge in [-0.3, -0.25) is 0 Å². The molecule has 8 nitrogen and oxygen atoms in total. The Morgan fingerprint density at radius 3 is 2.40 bits per heavy atom. The first-order valence-corrected chi connectivity index (χ1v) is 4.76. The Labute approximate surface area is 109 Å². The second kappa shape index (κ2) is 5.59. The van der Waals surface area contributed by atoms with Gasteiger partial charge in [0, 0.05) is 0 Å². The molecule has 0 bridgehead atoms. The monoisotopic (exact) mass is 296 g/mol. The van der Waals surface area contributed by atoms with Gasteiger partial charge >= 0.3 is 18.1 Å². The minimum Gasteiger partial charge on any atom is -0.492 e. The lowest BCUT2D eigenvalue weighted by atomic mass is 10.2. The number of pyridine rings is 1. The van der Waals surface area contributed by atoms with E-state index in [0.29, 0.717) is 6.20 Å². The van der Waals surface area contributed by atoms with Crippen LogP contribution in [0.15, 0.2) is 6.20 Å². The van der Waals surface area contributed by atoms with E-state index >= 15 is 0 Å². The van der Waals surface area contributed by atoms with E-state index in [0.717, 1.165) is 14.2 Å². The molecule has 0 aliphatic rings. The summed E-state index contributed by atoms with van der Waals surface area (Å²) in [5.74, 6) is -4.08. The summed E-state index contributed by atoms with van der Waals surface area (Å²) in [6, 6.07) is 0. The number of carbonyl (C=O) groups is 1. The van der Waals surface area contributed by atoms with Crippen LogP contribution in [0, 0.1) is 10.1 Å². The fourth-order valence-electron chi connectivity index (χ4n) is 1.29. The van der Waals surface area contributed by atoms with Crippen molar-refractivity contribution in [1.29, 1.82) is 0 Å². The number of nitrogens with zero attached hydrogens (tertiary/aromatic N) is 2. The molecule has 0 unspecified atom stereocenters. The van der Waals surface area contributed by atoms with Gasteiger partial charge < -0.3 is 24.3 Å². The normalized spacial score (nSPS) is 10.8. The summed E-state index contributed by atoms with van der Waals surface area (Å²) in [4.78, 5) is 24.2. The Balaban J connectivity index is 3.52. The molecule has 0 aromatic carbocycles. The van der Waals surface area contributed by atoms with Crippen molar-refractivity contribution in [2.24, 2.45) is 0 Å². The molecular weight excluding hydrogens is 289 g/mol. The standard InChI is InChI=1S/C9H7F3N2O6/c1-18-6-4(20-9(10,11)12)3-13-7(14(16)17)5(6)8(15)19-2/h3H,1-2H3. The van der Waals surface area contributed by atoms with E-state index in [1.807, 2.05) is 0 Å². The number of alkyl halides is 3. The van der Waals surface area contributed by atoms with Gasteiger partial charge in [0.05, 0.1) is 14.2 Å². The van der Waals surface area contributed by atoms with Crippen LogP contribution in [0.25, 0.3) is 0 Å². The fourth-order valence-corrected chi connectivity index (χ4v) is 1.29. The summed E-state index contributed by atoms with van der Waals surface area (Å²) in [6.07, 6.45) is -4.66. The number of aromatic nitrogens is 1. The van der Waals surface area contributed by atoms with Crippen molar-refractivity contribution in [3.05, 3.63) is 21.9 Å². The number of ether oxygens (including phenoxy) is 3. The quantitative estimate of drug-likeness (QED) is 0.473. The lowest BCUT2D eigenvalue weighted by Crippen LogP contribution is -2.19. The van der Waals surface area contributed by atoms with Gasteiger partial charge in [-0.2, -0.15) is 0 Å². The summed E-state index contributed by atoms with van der Waals surface area (Å²) >= 11 is 0. The molecule has 0 radical (unpaired) electrons. The van der Waals surface area contributed by atoms with E-state index in [9.17, 15) is 28.1 Å². The van der Waals surface area contributed by atoms with Crippen molar-refractivity contribution in [2.45, 2.75) is 6.36 Å². The molecule has 0 N–H and O–H groups in total. The zero-order valence-electron chi connectivity index (χ0n) is 10.1. The number of rotatable bonds is 4. The smallest absolute Gasteiger partial charge is 0.492 e. The summed E-state index contributed by atoms with van der Waals surface area (Å²) in [7, 11) is 1.80. The Bertz CT molecular complexity index is 545. The van der Waals surface area contributed by atoms with Crippen LogP contribution in [0.1, 0.15) is 10.4 Å². The number of hydrogen-bond donors (Lipinski definition) is 0. The molecule has 1 heterocycles. The third kappa shape index (κ3) is 3.24. The van der Waals surface area contributed by atoms with Crippen LogP contribution < -0.4 is 9.47 Å². The van der Waals surface area contributed by atoms with Crippen LogP contribution in [0.2, 0.25) is 0 Å². The second-order valence-electron chi connectivity index (χ2n) is 3.15. The number of carbonyl (C=O) groups excluding carboxylic acids is 1. The maximum Gasteiger partial charge on any atom is 0.573 e. The van der Waals surface area contributed by atoms with E-state index in [4.69, 9.17) is 0 Å². The molecule has 0 aliphatic heterocycles. The van der Waals surface area contributed by atoms with Crippen molar-refractivity contribution in [3.8, 4) is 11.5 Å². The van der Waals surface area contributed by atoms with E-state index < -0.39 is 40.1 Å². The first kappa shape index (κ1) is 15.5. The molecule has 0 saturated heterocycles. The van der Waals surface area contributed by atoms with Gasteiger partial charge in [0.1, 0.15) is 0 Å². The highest BCUT2D eigenvalue weighted by molar-refractivity contribution is 5.97. The Morgan fingerprint density at radius 1 is 1.40 bits per heavy atom. The van der Waals surface area contributed by atoms with Gasteiger partial charge in [-0.05, 0) is 9.91 Å². The van der Waals surface area contributed by atoms with E-state index in [-0.39, 0.29) is 0 Å². The van der Waals surface area contributed by atoms with Crippen LogP contribution >= 0.6 is 0 Å². The van der Waals surface area contributed by atoms with E-state index in [2.05, 4.69) is 19.2 Å². The largest absolute Gasteiger partial charge is 0.573 e. The average molecular weight is 296 g/mol. The van der Waals surface area contributed by atoms with Crippen molar-refractivity contribution in [2.75, 3.05) is 14.2 Å². The molecule has 0 saturated carbocycles. The van der Waals surface area contributed by atoms with Crippen LogP contribution in [-0.4, -0.2) is 36.5 Å². The van der Waals surface area contributed by atoms with Gasteiger partial charge in [-0.1, -0.05) is 0 Å².